The highest BCUT2D eigenvalue weighted by molar-refractivity contribution is 8.18. The van der Waals surface area contributed by atoms with E-state index in [1.165, 1.54) is 23.9 Å². The van der Waals surface area contributed by atoms with Crippen LogP contribution in [0.3, 0.4) is 0 Å². The predicted molar refractivity (Wildman–Crippen MR) is 115 cm³/mol. The van der Waals surface area contributed by atoms with Crippen molar-refractivity contribution in [2.75, 3.05) is 20.3 Å². The fraction of sp³-hybridized carbons (Fsp3) is 0.273. The second kappa shape index (κ2) is 9.60. The molecule has 0 atom stereocenters. The summed E-state index contributed by atoms with van der Waals surface area (Å²) in [6.45, 7) is 4.96. The Hall–Kier alpha value is -2.80. The van der Waals surface area contributed by atoms with Crippen LogP contribution in [0.1, 0.15) is 25.8 Å². The zero-order valence-electron chi connectivity index (χ0n) is 16.6. The molecule has 0 saturated carbocycles. The number of nitrogens with zero attached hydrogens (tertiary/aromatic N) is 2. The Kier molecular flexibility index (Phi) is 6.93. The maximum absolute atomic E-state index is 13.1. The highest BCUT2D eigenvalue weighted by atomic mass is 32.2. The SMILES string of the molecule is CCCOc1c(/C=C2/SC(=Nc3ccc(F)cc3)N(CC)C2=O)cccc1OC. The van der Waals surface area contributed by atoms with E-state index in [1.54, 1.807) is 30.2 Å². The van der Waals surface area contributed by atoms with Crippen molar-refractivity contribution in [3.8, 4) is 11.5 Å². The average molecular weight is 415 g/mol. The summed E-state index contributed by atoms with van der Waals surface area (Å²) in [6.07, 6.45) is 2.66. The molecule has 1 aliphatic heterocycles. The number of aliphatic imine (C=N–C) groups is 1. The number of methoxy groups -OCH3 is 1. The van der Waals surface area contributed by atoms with Crippen molar-refractivity contribution in [3.63, 3.8) is 0 Å². The first-order chi connectivity index (χ1) is 14.1. The topological polar surface area (TPSA) is 51.1 Å². The number of para-hydroxylation sites is 1. The number of ether oxygens (including phenoxy) is 2. The van der Waals surface area contributed by atoms with E-state index in [-0.39, 0.29) is 11.7 Å². The van der Waals surface area contributed by atoms with Crippen LogP contribution in [0.25, 0.3) is 6.08 Å². The van der Waals surface area contributed by atoms with Crippen molar-refractivity contribution in [1.29, 1.82) is 0 Å². The minimum atomic E-state index is -0.324. The first-order valence-corrected chi connectivity index (χ1v) is 10.2. The molecule has 2 aromatic carbocycles. The van der Waals surface area contributed by atoms with Gasteiger partial charge in [0, 0.05) is 12.1 Å². The number of likely N-dealkylation sites (N-methyl/N-ethyl adjacent to an activating group) is 1. The third kappa shape index (κ3) is 4.79. The van der Waals surface area contributed by atoms with E-state index in [9.17, 15) is 9.18 Å². The molecular weight excluding hydrogens is 391 g/mol. The fourth-order valence-corrected chi connectivity index (χ4v) is 3.86. The number of rotatable bonds is 7. The van der Waals surface area contributed by atoms with E-state index in [0.717, 1.165) is 12.0 Å². The standard InChI is InChI=1S/C22H23FN2O3S/c1-4-13-28-20-15(7-6-8-18(20)27-3)14-19-21(26)25(5-2)22(29-19)24-17-11-9-16(23)10-12-17/h6-12,14H,4-5,13H2,1-3H3/b19-14+,24-22?. The van der Waals surface area contributed by atoms with Gasteiger partial charge in [0.25, 0.3) is 5.91 Å². The van der Waals surface area contributed by atoms with Crippen LogP contribution in [0.4, 0.5) is 10.1 Å². The number of hydrogen-bond donors (Lipinski definition) is 0. The molecule has 152 valence electrons. The van der Waals surface area contributed by atoms with Crippen molar-refractivity contribution in [2.45, 2.75) is 20.3 Å². The summed E-state index contributed by atoms with van der Waals surface area (Å²) in [7, 11) is 1.59. The molecular formula is C22H23FN2O3S. The minimum Gasteiger partial charge on any atom is -0.493 e. The van der Waals surface area contributed by atoms with E-state index >= 15 is 0 Å². The molecule has 2 aromatic rings. The molecule has 1 saturated heterocycles. The smallest absolute Gasteiger partial charge is 0.266 e. The number of carbonyl (C=O) groups is 1. The van der Waals surface area contributed by atoms with Crippen LogP contribution < -0.4 is 9.47 Å². The quantitative estimate of drug-likeness (QED) is 0.581. The summed E-state index contributed by atoms with van der Waals surface area (Å²) in [5, 5.41) is 0.564. The molecule has 1 fully saturated rings. The minimum absolute atomic E-state index is 0.123. The number of benzene rings is 2. The molecule has 0 N–H and O–H groups in total. The van der Waals surface area contributed by atoms with E-state index in [2.05, 4.69) is 4.99 Å². The van der Waals surface area contributed by atoms with Crippen molar-refractivity contribution in [1.82, 2.24) is 4.90 Å². The average Bonchev–Trinajstić information content (AvgIpc) is 3.02. The molecule has 0 aromatic heterocycles. The summed E-state index contributed by atoms with van der Waals surface area (Å²) in [6, 6.07) is 11.4. The molecule has 0 spiro atoms. The van der Waals surface area contributed by atoms with Crippen LogP contribution >= 0.6 is 11.8 Å². The van der Waals surface area contributed by atoms with Gasteiger partial charge in [-0.05, 0) is 61.5 Å². The number of thioether (sulfide) groups is 1. The predicted octanol–water partition coefficient (Wildman–Crippen LogP) is 5.25. The van der Waals surface area contributed by atoms with Gasteiger partial charge in [-0.3, -0.25) is 9.69 Å². The molecule has 7 heteroatoms. The fourth-order valence-electron chi connectivity index (χ4n) is 2.80. The normalized spacial score (nSPS) is 16.7. The molecule has 0 radical (unpaired) electrons. The van der Waals surface area contributed by atoms with Gasteiger partial charge >= 0.3 is 0 Å². The van der Waals surface area contributed by atoms with Crippen LogP contribution in [-0.2, 0) is 4.79 Å². The van der Waals surface area contributed by atoms with Crippen LogP contribution in [-0.4, -0.2) is 36.2 Å². The van der Waals surface area contributed by atoms with Crippen molar-refractivity contribution in [2.24, 2.45) is 4.99 Å². The maximum Gasteiger partial charge on any atom is 0.266 e. The zero-order valence-corrected chi connectivity index (χ0v) is 17.5. The highest BCUT2D eigenvalue weighted by Crippen LogP contribution is 2.38. The Labute approximate surface area is 174 Å². The molecule has 5 nitrogen and oxygen atoms in total. The molecule has 1 heterocycles. The second-order valence-corrected chi connectivity index (χ2v) is 7.27. The third-order valence-electron chi connectivity index (χ3n) is 4.22. The summed E-state index contributed by atoms with van der Waals surface area (Å²) in [5.41, 5.74) is 1.36. The lowest BCUT2D eigenvalue weighted by atomic mass is 10.1. The number of hydrogen-bond acceptors (Lipinski definition) is 5. The van der Waals surface area contributed by atoms with Gasteiger partial charge in [0.2, 0.25) is 0 Å². The number of amidine groups is 1. The van der Waals surface area contributed by atoms with Crippen molar-refractivity contribution >= 4 is 34.6 Å². The summed E-state index contributed by atoms with van der Waals surface area (Å²) >= 11 is 1.29. The van der Waals surface area contributed by atoms with Crippen molar-refractivity contribution in [3.05, 3.63) is 58.8 Å². The van der Waals surface area contributed by atoms with Crippen LogP contribution in [0.2, 0.25) is 0 Å². The lowest BCUT2D eigenvalue weighted by molar-refractivity contribution is -0.122. The van der Waals surface area contributed by atoms with Gasteiger partial charge in [0.1, 0.15) is 5.82 Å². The molecule has 3 rings (SSSR count). The van der Waals surface area contributed by atoms with Crippen molar-refractivity contribution < 1.29 is 18.7 Å². The van der Waals surface area contributed by atoms with E-state index in [1.807, 2.05) is 32.0 Å². The van der Waals surface area contributed by atoms with Gasteiger partial charge < -0.3 is 9.47 Å². The first kappa shape index (κ1) is 20.9. The molecule has 0 unspecified atom stereocenters. The van der Waals surface area contributed by atoms with Crippen LogP contribution in [0.15, 0.2) is 52.4 Å². The Morgan fingerprint density at radius 3 is 2.59 bits per heavy atom. The van der Waals surface area contributed by atoms with Crippen LogP contribution in [0.5, 0.6) is 11.5 Å². The first-order valence-electron chi connectivity index (χ1n) is 9.42. The van der Waals surface area contributed by atoms with Gasteiger partial charge in [0.15, 0.2) is 16.7 Å². The number of carbonyl (C=O) groups excluding carboxylic acids is 1. The van der Waals surface area contributed by atoms with E-state index < -0.39 is 0 Å². The molecule has 0 bridgehead atoms. The Morgan fingerprint density at radius 2 is 1.93 bits per heavy atom. The van der Waals surface area contributed by atoms with Gasteiger partial charge in [-0.1, -0.05) is 19.1 Å². The maximum atomic E-state index is 13.1. The summed E-state index contributed by atoms with van der Waals surface area (Å²) in [5.74, 6) is 0.790. The third-order valence-corrected chi connectivity index (χ3v) is 5.23. The van der Waals surface area contributed by atoms with E-state index in [0.29, 0.717) is 40.4 Å². The largest absolute Gasteiger partial charge is 0.493 e. The molecule has 1 aliphatic rings. The molecule has 0 aliphatic carbocycles. The second-order valence-electron chi connectivity index (χ2n) is 6.26. The Balaban J connectivity index is 1.96. The van der Waals surface area contributed by atoms with Gasteiger partial charge in [-0.2, -0.15) is 0 Å². The Bertz CT molecular complexity index is 942. The molecule has 1 amide bonds. The lowest BCUT2D eigenvalue weighted by Crippen LogP contribution is -2.28. The Morgan fingerprint density at radius 1 is 1.17 bits per heavy atom. The van der Waals surface area contributed by atoms with Gasteiger partial charge in [-0.15, -0.1) is 0 Å². The number of amides is 1. The van der Waals surface area contributed by atoms with Gasteiger partial charge in [0.05, 0.1) is 24.3 Å². The number of halogens is 1. The molecule has 29 heavy (non-hydrogen) atoms. The zero-order chi connectivity index (χ0) is 20.8. The van der Waals surface area contributed by atoms with Crippen LogP contribution in [0, 0.1) is 5.82 Å². The lowest BCUT2D eigenvalue weighted by Gasteiger charge is -2.13. The monoisotopic (exact) mass is 414 g/mol. The highest BCUT2D eigenvalue weighted by Gasteiger charge is 2.32. The van der Waals surface area contributed by atoms with Gasteiger partial charge in [-0.25, -0.2) is 9.38 Å². The van der Waals surface area contributed by atoms with E-state index in [4.69, 9.17) is 9.47 Å². The summed E-state index contributed by atoms with van der Waals surface area (Å²) < 4.78 is 24.4. The summed E-state index contributed by atoms with van der Waals surface area (Å²) in [4.78, 5) is 19.6.